The predicted octanol–water partition coefficient (Wildman–Crippen LogP) is 4.58. The van der Waals surface area contributed by atoms with Crippen molar-refractivity contribution >= 4 is 23.4 Å². The second-order valence-corrected chi connectivity index (χ2v) is 6.81. The Bertz CT molecular complexity index is 582. The summed E-state index contributed by atoms with van der Waals surface area (Å²) in [5.41, 5.74) is 1.26. The normalized spacial score (nSPS) is 13.7. The number of thioether (sulfide) groups is 1. The molecule has 1 N–H and O–H groups in total. The van der Waals surface area contributed by atoms with Gasteiger partial charge >= 0.3 is 0 Å². The van der Waals surface area contributed by atoms with Crippen LogP contribution in [0.4, 0.5) is 0 Å². The number of hydrogen-bond acceptors (Lipinski definition) is 4. The van der Waals surface area contributed by atoms with Crippen LogP contribution in [-0.2, 0) is 4.74 Å². The number of halogens is 1. The molecule has 1 heterocycles. The van der Waals surface area contributed by atoms with E-state index < -0.39 is 0 Å². The first-order chi connectivity index (χ1) is 11.2. The molecule has 1 aromatic carbocycles. The molecule has 0 aliphatic heterocycles. The Balaban J connectivity index is 2.17. The van der Waals surface area contributed by atoms with Crippen LogP contribution in [0.15, 0.2) is 53.7 Å². The molecular weight excluding hydrogens is 328 g/mol. The Morgan fingerprint density at radius 3 is 2.65 bits per heavy atom. The van der Waals surface area contributed by atoms with Crippen molar-refractivity contribution in [2.75, 3.05) is 20.2 Å². The zero-order valence-corrected chi connectivity index (χ0v) is 15.1. The molecule has 0 aliphatic carbocycles. The van der Waals surface area contributed by atoms with Crippen LogP contribution >= 0.6 is 23.4 Å². The van der Waals surface area contributed by atoms with Gasteiger partial charge in [0.1, 0.15) is 5.03 Å². The number of aromatic nitrogens is 1. The number of nitrogens with one attached hydrogen (secondary N) is 1. The second kappa shape index (κ2) is 9.93. The van der Waals surface area contributed by atoms with E-state index in [4.69, 9.17) is 16.3 Å². The molecule has 0 spiro atoms. The molecule has 5 heteroatoms. The number of ether oxygens (including phenoxy) is 1. The molecule has 1 aromatic heterocycles. The van der Waals surface area contributed by atoms with Gasteiger partial charge in [-0.05, 0) is 30.7 Å². The summed E-state index contributed by atoms with van der Waals surface area (Å²) in [4.78, 5) is 4.41. The smallest absolute Gasteiger partial charge is 0.115 e. The van der Waals surface area contributed by atoms with Gasteiger partial charge in [-0.1, -0.05) is 60.6 Å². The van der Waals surface area contributed by atoms with Gasteiger partial charge in [0.2, 0.25) is 0 Å². The van der Waals surface area contributed by atoms with Gasteiger partial charge in [-0.2, -0.15) is 0 Å². The maximum atomic E-state index is 6.28. The van der Waals surface area contributed by atoms with E-state index in [1.54, 1.807) is 25.1 Å². The van der Waals surface area contributed by atoms with Crippen LogP contribution < -0.4 is 5.32 Å². The third-order valence-corrected chi connectivity index (χ3v) is 5.30. The number of likely N-dealkylation sites (N-methyl/N-ethyl adjacent to an activating group) is 1. The highest BCUT2D eigenvalue weighted by Gasteiger charge is 2.20. The van der Waals surface area contributed by atoms with E-state index in [1.165, 1.54) is 5.56 Å². The van der Waals surface area contributed by atoms with E-state index in [-0.39, 0.29) is 11.4 Å². The number of rotatable bonds is 9. The van der Waals surface area contributed by atoms with Crippen LogP contribution in [0.3, 0.4) is 0 Å². The number of methoxy groups -OCH3 is 1. The van der Waals surface area contributed by atoms with Crippen molar-refractivity contribution in [3.63, 3.8) is 0 Å². The Labute approximate surface area is 147 Å². The van der Waals surface area contributed by atoms with Crippen molar-refractivity contribution in [2.45, 2.75) is 29.7 Å². The summed E-state index contributed by atoms with van der Waals surface area (Å²) >= 11 is 7.98. The van der Waals surface area contributed by atoms with Crippen LogP contribution in [-0.4, -0.2) is 31.3 Å². The first kappa shape index (κ1) is 18.3. The number of benzene rings is 1. The minimum absolute atomic E-state index is 0.148. The van der Waals surface area contributed by atoms with Gasteiger partial charge in [-0.3, -0.25) is 0 Å². The Morgan fingerprint density at radius 1 is 1.22 bits per heavy atom. The van der Waals surface area contributed by atoms with E-state index in [9.17, 15) is 0 Å². The fraction of sp³-hybridized carbons (Fsp3) is 0.389. The lowest BCUT2D eigenvalue weighted by molar-refractivity contribution is 0.0946. The summed E-state index contributed by atoms with van der Waals surface area (Å²) < 4.78 is 5.64. The van der Waals surface area contributed by atoms with Gasteiger partial charge in [0.15, 0.2) is 0 Å². The number of hydrogen-bond donors (Lipinski definition) is 1. The maximum absolute atomic E-state index is 6.28. The molecule has 3 nitrogen and oxygen atoms in total. The van der Waals surface area contributed by atoms with Crippen molar-refractivity contribution in [1.29, 1.82) is 0 Å². The third kappa shape index (κ3) is 5.81. The molecule has 2 rings (SSSR count). The van der Waals surface area contributed by atoms with Gasteiger partial charge in [0, 0.05) is 25.1 Å². The molecule has 0 radical (unpaired) electrons. The van der Waals surface area contributed by atoms with E-state index in [2.05, 4.69) is 41.5 Å². The topological polar surface area (TPSA) is 34.2 Å². The van der Waals surface area contributed by atoms with Crippen LogP contribution in [0.1, 0.15) is 24.2 Å². The van der Waals surface area contributed by atoms with Gasteiger partial charge in [0.25, 0.3) is 0 Å². The fourth-order valence-corrected chi connectivity index (χ4v) is 3.75. The average molecular weight is 351 g/mol. The zero-order valence-electron chi connectivity index (χ0n) is 13.5. The zero-order chi connectivity index (χ0) is 16.5. The molecule has 23 heavy (non-hydrogen) atoms. The van der Waals surface area contributed by atoms with Crippen molar-refractivity contribution in [1.82, 2.24) is 10.3 Å². The highest BCUT2D eigenvalue weighted by molar-refractivity contribution is 7.99. The third-order valence-electron chi connectivity index (χ3n) is 3.58. The summed E-state index contributed by atoms with van der Waals surface area (Å²) in [6.07, 6.45) is 2.82. The lowest BCUT2D eigenvalue weighted by Gasteiger charge is -2.23. The molecule has 0 saturated heterocycles. The largest absolute Gasteiger partial charge is 0.380 e. The first-order valence-corrected chi connectivity index (χ1v) is 9.06. The SMILES string of the molecule is CCNCC(CC(Sc1ncccc1Cl)c1ccccc1)OC. The molecule has 0 saturated carbocycles. The molecule has 2 aromatic rings. The second-order valence-electron chi connectivity index (χ2n) is 5.21. The average Bonchev–Trinajstić information content (AvgIpc) is 2.60. The summed E-state index contributed by atoms with van der Waals surface area (Å²) in [6, 6.07) is 14.2. The van der Waals surface area contributed by atoms with E-state index in [0.717, 1.165) is 24.5 Å². The van der Waals surface area contributed by atoms with Crippen LogP contribution in [0.25, 0.3) is 0 Å². The summed E-state index contributed by atoms with van der Waals surface area (Å²) in [6.45, 7) is 3.88. The van der Waals surface area contributed by atoms with E-state index in [1.807, 2.05) is 18.2 Å². The van der Waals surface area contributed by atoms with Gasteiger partial charge < -0.3 is 10.1 Å². The Morgan fingerprint density at radius 2 is 2.00 bits per heavy atom. The standard InChI is InChI=1S/C18H23ClN2OS/c1-3-20-13-15(22-2)12-17(14-8-5-4-6-9-14)23-18-16(19)10-7-11-21-18/h4-11,15,17,20H,3,12-13H2,1-2H3. The van der Waals surface area contributed by atoms with Crippen molar-refractivity contribution in [2.24, 2.45) is 0 Å². The number of nitrogens with zero attached hydrogens (tertiary/aromatic N) is 1. The molecule has 2 atom stereocenters. The molecule has 0 fully saturated rings. The highest BCUT2D eigenvalue weighted by atomic mass is 35.5. The molecule has 0 bridgehead atoms. The lowest BCUT2D eigenvalue weighted by atomic mass is 10.1. The molecule has 0 aliphatic rings. The Kier molecular flexibility index (Phi) is 7.89. The lowest BCUT2D eigenvalue weighted by Crippen LogP contribution is -2.29. The van der Waals surface area contributed by atoms with Crippen LogP contribution in [0, 0.1) is 0 Å². The monoisotopic (exact) mass is 350 g/mol. The minimum atomic E-state index is 0.148. The molecule has 2 unspecified atom stereocenters. The van der Waals surface area contributed by atoms with Crippen LogP contribution in [0.5, 0.6) is 0 Å². The molecule has 124 valence electrons. The molecular formula is C18H23ClN2OS. The highest BCUT2D eigenvalue weighted by Crippen LogP contribution is 2.40. The molecule has 0 amide bonds. The predicted molar refractivity (Wildman–Crippen MR) is 98.2 cm³/mol. The summed E-state index contributed by atoms with van der Waals surface area (Å²) in [5, 5.41) is 5.15. The van der Waals surface area contributed by atoms with Gasteiger partial charge in [0.05, 0.1) is 11.1 Å². The summed E-state index contributed by atoms with van der Waals surface area (Å²) in [5.74, 6) is 0. The first-order valence-electron chi connectivity index (χ1n) is 7.80. The quantitative estimate of drug-likeness (QED) is 0.671. The van der Waals surface area contributed by atoms with Crippen molar-refractivity contribution in [3.8, 4) is 0 Å². The van der Waals surface area contributed by atoms with Crippen LogP contribution in [0.2, 0.25) is 5.02 Å². The van der Waals surface area contributed by atoms with E-state index >= 15 is 0 Å². The minimum Gasteiger partial charge on any atom is -0.380 e. The van der Waals surface area contributed by atoms with Gasteiger partial charge in [-0.15, -0.1) is 0 Å². The van der Waals surface area contributed by atoms with Crippen molar-refractivity contribution in [3.05, 3.63) is 59.2 Å². The fourth-order valence-electron chi connectivity index (χ4n) is 2.32. The van der Waals surface area contributed by atoms with E-state index in [0.29, 0.717) is 5.02 Å². The van der Waals surface area contributed by atoms with Gasteiger partial charge in [-0.25, -0.2) is 4.98 Å². The van der Waals surface area contributed by atoms with Crippen molar-refractivity contribution < 1.29 is 4.74 Å². The number of pyridine rings is 1. The summed E-state index contributed by atoms with van der Waals surface area (Å²) in [7, 11) is 1.77. The Hall–Kier alpha value is -1.07. The maximum Gasteiger partial charge on any atom is 0.115 e.